The van der Waals surface area contributed by atoms with Crippen LogP contribution >= 0.6 is 23.1 Å². The quantitative estimate of drug-likeness (QED) is 0.700. The van der Waals surface area contributed by atoms with Gasteiger partial charge < -0.3 is 10.6 Å². The number of hydrogen-bond donors (Lipinski definition) is 1. The maximum absolute atomic E-state index is 12.8. The predicted octanol–water partition coefficient (Wildman–Crippen LogP) is 3.39. The van der Waals surface area contributed by atoms with E-state index >= 15 is 0 Å². The smallest absolute Gasteiger partial charge is 0.233 e. The minimum absolute atomic E-state index is 0.110. The van der Waals surface area contributed by atoms with Gasteiger partial charge in [-0.05, 0) is 16.7 Å². The topological polar surface area (TPSA) is 72.1 Å². The lowest BCUT2D eigenvalue weighted by atomic mass is 9.85. The number of nitrogens with two attached hydrogens (primary N) is 1. The van der Waals surface area contributed by atoms with Crippen molar-refractivity contribution in [1.82, 2.24) is 15.1 Å². The van der Waals surface area contributed by atoms with Crippen molar-refractivity contribution in [2.75, 3.05) is 18.0 Å². The highest BCUT2D eigenvalue weighted by Crippen LogP contribution is 2.34. The number of nitrogens with zero attached hydrogens (tertiary/aromatic N) is 3. The van der Waals surface area contributed by atoms with Gasteiger partial charge >= 0.3 is 0 Å². The van der Waals surface area contributed by atoms with Crippen molar-refractivity contribution in [3.05, 3.63) is 71.3 Å². The Bertz CT molecular complexity index is 913. The number of aromatic nitrogens is 2. The summed E-state index contributed by atoms with van der Waals surface area (Å²) in [5, 5.41) is 8.18. The Morgan fingerprint density at radius 1 is 1.15 bits per heavy atom. The first-order valence-electron chi connectivity index (χ1n) is 8.33. The monoisotopic (exact) mass is 382 g/mol. The van der Waals surface area contributed by atoms with Crippen LogP contribution in [0, 0.1) is 0 Å². The van der Waals surface area contributed by atoms with Crippen LogP contribution in [0.4, 0.5) is 5.13 Å². The molecule has 1 aliphatic rings. The lowest BCUT2D eigenvalue weighted by molar-refractivity contribution is -0.129. The number of amides is 1. The fourth-order valence-corrected chi connectivity index (χ4v) is 4.80. The van der Waals surface area contributed by atoms with E-state index in [0.717, 1.165) is 4.34 Å². The third-order valence-electron chi connectivity index (χ3n) is 4.49. The molecule has 0 saturated heterocycles. The maximum Gasteiger partial charge on any atom is 0.233 e. The van der Waals surface area contributed by atoms with Crippen molar-refractivity contribution in [2.45, 2.75) is 16.8 Å². The Labute approximate surface area is 160 Å². The van der Waals surface area contributed by atoms with Gasteiger partial charge in [-0.3, -0.25) is 4.79 Å². The third kappa shape index (κ3) is 3.59. The molecule has 1 amide bonds. The first-order chi connectivity index (χ1) is 12.7. The number of anilines is 1. The van der Waals surface area contributed by atoms with Crippen LogP contribution in [0.2, 0.25) is 0 Å². The largest absolute Gasteiger partial charge is 0.374 e. The standard InChI is InChI=1S/C19H18N4OS2/c20-18-21-22-19(26-18)25-12-17(24)23-10-14-8-4-5-9-15(14)16(11-23)13-6-2-1-3-7-13/h1-9,16H,10-12H2,(H2,20,21). The normalized spacial score (nSPS) is 16.3. The summed E-state index contributed by atoms with van der Waals surface area (Å²) >= 11 is 2.71. The Morgan fingerprint density at radius 2 is 1.92 bits per heavy atom. The molecule has 1 aliphatic heterocycles. The summed E-state index contributed by atoms with van der Waals surface area (Å²) in [6.45, 7) is 1.34. The maximum atomic E-state index is 12.8. The first kappa shape index (κ1) is 17.1. The van der Waals surface area contributed by atoms with E-state index < -0.39 is 0 Å². The average Bonchev–Trinajstić information content (AvgIpc) is 3.11. The zero-order chi connectivity index (χ0) is 17.9. The summed E-state index contributed by atoms with van der Waals surface area (Å²) in [6.07, 6.45) is 0. The molecule has 1 unspecified atom stereocenters. The van der Waals surface area contributed by atoms with Crippen molar-refractivity contribution < 1.29 is 4.79 Å². The molecule has 0 bridgehead atoms. The summed E-state index contributed by atoms with van der Waals surface area (Å²) < 4.78 is 0.730. The summed E-state index contributed by atoms with van der Waals surface area (Å²) in [6, 6.07) is 18.8. The van der Waals surface area contributed by atoms with Gasteiger partial charge in [0.05, 0.1) is 5.75 Å². The molecule has 2 N–H and O–H groups in total. The Kier molecular flexibility index (Phi) is 4.90. The van der Waals surface area contributed by atoms with Crippen molar-refractivity contribution in [3.8, 4) is 0 Å². The lowest BCUT2D eigenvalue weighted by Gasteiger charge is -2.35. The molecule has 0 radical (unpaired) electrons. The Morgan fingerprint density at radius 3 is 2.69 bits per heavy atom. The molecule has 26 heavy (non-hydrogen) atoms. The van der Waals surface area contributed by atoms with E-state index in [2.05, 4.69) is 52.7 Å². The van der Waals surface area contributed by atoms with Gasteiger partial charge in [-0.1, -0.05) is 77.7 Å². The number of carbonyl (C=O) groups is 1. The molecule has 0 fully saturated rings. The summed E-state index contributed by atoms with van der Waals surface area (Å²) in [7, 11) is 0. The fourth-order valence-electron chi connectivity index (χ4n) is 3.26. The van der Waals surface area contributed by atoms with Crippen molar-refractivity contribution in [3.63, 3.8) is 0 Å². The van der Waals surface area contributed by atoms with Crippen molar-refractivity contribution in [2.24, 2.45) is 0 Å². The SMILES string of the molecule is Nc1nnc(SCC(=O)N2Cc3ccccc3C(c3ccccc3)C2)s1. The zero-order valence-electron chi connectivity index (χ0n) is 14.0. The van der Waals surface area contributed by atoms with Crippen molar-refractivity contribution >= 4 is 34.1 Å². The van der Waals surface area contributed by atoms with Gasteiger partial charge in [-0.2, -0.15) is 0 Å². The van der Waals surface area contributed by atoms with Gasteiger partial charge in [-0.15, -0.1) is 10.2 Å². The predicted molar refractivity (Wildman–Crippen MR) is 105 cm³/mol. The number of hydrogen-bond acceptors (Lipinski definition) is 6. The summed E-state index contributed by atoms with van der Waals surface area (Å²) in [5.74, 6) is 0.657. The van der Waals surface area contributed by atoms with Crippen LogP contribution in [0.3, 0.4) is 0 Å². The van der Waals surface area contributed by atoms with E-state index in [1.165, 1.54) is 39.8 Å². The third-order valence-corrected chi connectivity index (χ3v) is 6.36. The van der Waals surface area contributed by atoms with E-state index in [-0.39, 0.29) is 11.8 Å². The minimum Gasteiger partial charge on any atom is -0.374 e. The molecule has 4 rings (SSSR count). The second-order valence-electron chi connectivity index (χ2n) is 6.13. The molecular formula is C19H18N4OS2. The molecule has 0 saturated carbocycles. The van der Waals surface area contributed by atoms with E-state index in [9.17, 15) is 4.79 Å². The Balaban J connectivity index is 1.54. The van der Waals surface area contributed by atoms with E-state index in [4.69, 9.17) is 5.73 Å². The fraction of sp³-hybridized carbons (Fsp3) is 0.211. The van der Waals surface area contributed by atoms with Crippen molar-refractivity contribution in [1.29, 1.82) is 0 Å². The van der Waals surface area contributed by atoms with Crippen LogP contribution in [0.5, 0.6) is 0 Å². The van der Waals surface area contributed by atoms with E-state index in [1.807, 2.05) is 17.0 Å². The summed E-state index contributed by atoms with van der Waals surface area (Å²) in [4.78, 5) is 14.7. The van der Waals surface area contributed by atoms with Gasteiger partial charge in [0, 0.05) is 19.0 Å². The second kappa shape index (κ2) is 7.47. The molecule has 2 heterocycles. The number of rotatable bonds is 4. The number of thioether (sulfide) groups is 1. The minimum atomic E-state index is 0.110. The van der Waals surface area contributed by atoms with Crippen LogP contribution in [-0.4, -0.2) is 33.3 Å². The van der Waals surface area contributed by atoms with Gasteiger partial charge in [0.1, 0.15) is 0 Å². The highest BCUT2D eigenvalue weighted by atomic mass is 32.2. The van der Waals surface area contributed by atoms with E-state index in [0.29, 0.717) is 24.0 Å². The molecule has 132 valence electrons. The van der Waals surface area contributed by atoms with Gasteiger partial charge in [0.15, 0.2) is 4.34 Å². The number of benzene rings is 2. The zero-order valence-corrected chi connectivity index (χ0v) is 15.7. The molecule has 3 aromatic rings. The highest BCUT2D eigenvalue weighted by molar-refractivity contribution is 8.01. The van der Waals surface area contributed by atoms with Gasteiger partial charge in [-0.25, -0.2) is 0 Å². The lowest BCUT2D eigenvalue weighted by Crippen LogP contribution is -2.39. The molecule has 0 aliphatic carbocycles. The molecule has 2 aromatic carbocycles. The molecule has 5 nitrogen and oxygen atoms in total. The molecule has 1 aromatic heterocycles. The molecule has 7 heteroatoms. The number of carbonyl (C=O) groups excluding carboxylic acids is 1. The number of nitrogen functional groups attached to an aromatic ring is 1. The van der Waals surface area contributed by atoms with Crippen LogP contribution in [-0.2, 0) is 11.3 Å². The molecular weight excluding hydrogens is 364 g/mol. The van der Waals surface area contributed by atoms with Crippen LogP contribution in [0.25, 0.3) is 0 Å². The highest BCUT2D eigenvalue weighted by Gasteiger charge is 2.28. The van der Waals surface area contributed by atoms with Gasteiger partial charge in [0.25, 0.3) is 0 Å². The Hall–Kier alpha value is -2.38. The van der Waals surface area contributed by atoms with E-state index in [1.54, 1.807) is 0 Å². The van der Waals surface area contributed by atoms with Crippen LogP contribution in [0.1, 0.15) is 22.6 Å². The second-order valence-corrected chi connectivity index (χ2v) is 8.36. The summed E-state index contributed by atoms with van der Waals surface area (Å²) in [5.41, 5.74) is 9.36. The molecule has 0 spiro atoms. The van der Waals surface area contributed by atoms with Gasteiger partial charge in [0.2, 0.25) is 11.0 Å². The van der Waals surface area contributed by atoms with Crippen LogP contribution < -0.4 is 5.73 Å². The number of fused-ring (bicyclic) bond motifs is 1. The van der Waals surface area contributed by atoms with Crippen LogP contribution in [0.15, 0.2) is 58.9 Å². The average molecular weight is 383 g/mol. The first-order valence-corrected chi connectivity index (χ1v) is 10.1. The molecule has 1 atom stereocenters.